The highest BCUT2D eigenvalue weighted by Gasteiger charge is 2.23. The third kappa shape index (κ3) is 2.45. The van der Waals surface area contributed by atoms with Gasteiger partial charge >= 0.3 is 0 Å². The summed E-state index contributed by atoms with van der Waals surface area (Å²) in [6, 6.07) is 13.9. The number of carbonyl (C=O) groups excluding carboxylic acids is 1. The predicted molar refractivity (Wildman–Crippen MR) is 78.7 cm³/mol. The molecule has 1 atom stereocenters. The number of likely N-dealkylation sites (tertiary alicyclic amines) is 1. The van der Waals surface area contributed by atoms with E-state index < -0.39 is 0 Å². The van der Waals surface area contributed by atoms with E-state index in [0.717, 1.165) is 35.7 Å². The number of benzene rings is 2. The first-order valence-electron chi connectivity index (χ1n) is 6.67. The van der Waals surface area contributed by atoms with E-state index in [-0.39, 0.29) is 11.3 Å². The molecule has 1 aliphatic rings. The molecule has 1 unspecified atom stereocenters. The van der Waals surface area contributed by atoms with Crippen LogP contribution in [0, 0.1) is 0 Å². The summed E-state index contributed by atoms with van der Waals surface area (Å²) < 4.78 is 0. The number of amides is 1. The second-order valence-corrected chi connectivity index (χ2v) is 5.63. The van der Waals surface area contributed by atoms with Crippen molar-refractivity contribution in [3.63, 3.8) is 0 Å². The van der Waals surface area contributed by atoms with Crippen LogP contribution < -0.4 is 0 Å². The molecule has 3 rings (SSSR count). The molecule has 0 aromatic heterocycles. The van der Waals surface area contributed by atoms with Gasteiger partial charge in [-0.3, -0.25) is 4.79 Å². The fraction of sp³-hybridized carbons (Fsp3) is 0.312. The Labute approximate surface area is 118 Å². The lowest BCUT2D eigenvalue weighted by Crippen LogP contribution is -2.40. The molecule has 0 N–H and O–H groups in total. The van der Waals surface area contributed by atoms with Crippen LogP contribution >= 0.6 is 11.6 Å². The van der Waals surface area contributed by atoms with Crippen molar-refractivity contribution in [3.05, 3.63) is 48.0 Å². The average molecular weight is 274 g/mol. The molecular formula is C16H16ClNO. The SMILES string of the molecule is O=C(c1cccc2ccccc12)N1CCCC(Cl)C1. The molecule has 1 saturated heterocycles. The molecule has 0 saturated carbocycles. The summed E-state index contributed by atoms with van der Waals surface area (Å²) >= 11 is 6.17. The van der Waals surface area contributed by atoms with E-state index in [1.165, 1.54) is 0 Å². The third-order valence-electron chi connectivity index (χ3n) is 3.67. The van der Waals surface area contributed by atoms with Gasteiger partial charge in [-0.2, -0.15) is 0 Å². The van der Waals surface area contributed by atoms with E-state index in [2.05, 4.69) is 0 Å². The molecule has 1 heterocycles. The summed E-state index contributed by atoms with van der Waals surface area (Å²) in [4.78, 5) is 14.5. The van der Waals surface area contributed by atoms with Gasteiger partial charge in [0, 0.05) is 18.7 Å². The number of hydrogen-bond acceptors (Lipinski definition) is 1. The number of alkyl halides is 1. The summed E-state index contributed by atoms with van der Waals surface area (Å²) in [5, 5.41) is 2.21. The fourth-order valence-electron chi connectivity index (χ4n) is 2.69. The maximum absolute atomic E-state index is 12.6. The molecule has 3 heteroatoms. The highest BCUT2D eigenvalue weighted by Crippen LogP contribution is 2.22. The lowest BCUT2D eigenvalue weighted by atomic mass is 10.0. The summed E-state index contributed by atoms with van der Waals surface area (Å²) in [6.07, 6.45) is 1.99. The van der Waals surface area contributed by atoms with Gasteiger partial charge in [0.1, 0.15) is 0 Å². The Bertz CT molecular complexity index is 605. The van der Waals surface area contributed by atoms with Crippen molar-refractivity contribution in [1.82, 2.24) is 4.90 Å². The van der Waals surface area contributed by atoms with E-state index in [1.54, 1.807) is 0 Å². The zero-order valence-electron chi connectivity index (χ0n) is 10.7. The molecule has 2 aromatic rings. The predicted octanol–water partition coefficient (Wildman–Crippen LogP) is 3.68. The molecule has 1 amide bonds. The van der Waals surface area contributed by atoms with Crippen LogP contribution in [0.15, 0.2) is 42.5 Å². The molecule has 1 aliphatic heterocycles. The van der Waals surface area contributed by atoms with Gasteiger partial charge in [0.15, 0.2) is 0 Å². The van der Waals surface area contributed by atoms with E-state index in [0.29, 0.717) is 6.54 Å². The fourth-order valence-corrected chi connectivity index (χ4v) is 3.01. The van der Waals surface area contributed by atoms with Crippen LogP contribution in [0.5, 0.6) is 0 Å². The van der Waals surface area contributed by atoms with Crippen molar-refractivity contribution in [2.45, 2.75) is 18.2 Å². The molecule has 0 bridgehead atoms. The van der Waals surface area contributed by atoms with E-state index >= 15 is 0 Å². The lowest BCUT2D eigenvalue weighted by molar-refractivity contribution is 0.0729. The van der Waals surface area contributed by atoms with Crippen LogP contribution in [0.2, 0.25) is 0 Å². The zero-order valence-corrected chi connectivity index (χ0v) is 11.4. The number of hydrogen-bond donors (Lipinski definition) is 0. The summed E-state index contributed by atoms with van der Waals surface area (Å²) in [5.74, 6) is 0.0992. The Morgan fingerprint density at radius 2 is 1.95 bits per heavy atom. The van der Waals surface area contributed by atoms with Crippen LogP contribution in [-0.2, 0) is 0 Å². The number of halogens is 1. The number of piperidine rings is 1. The number of rotatable bonds is 1. The largest absolute Gasteiger partial charge is 0.337 e. The van der Waals surface area contributed by atoms with Gasteiger partial charge in [-0.1, -0.05) is 36.4 Å². The van der Waals surface area contributed by atoms with E-state index in [1.807, 2.05) is 47.4 Å². The summed E-state index contributed by atoms with van der Waals surface area (Å²) in [7, 11) is 0. The minimum Gasteiger partial charge on any atom is -0.337 e. The van der Waals surface area contributed by atoms with Crippen molar-refractivity contribution in [2.24, 2.45) is 0 Å². The van der Waals surface area contributed by atoms with Gasteiger partial charge in [0.25, 0.3) is 5.91 Å². The molecule has 19 heavy (non-hydrogen) atoms. The lowest BCUT2D eigenvalue weighted by Gasteiger charge is -2.30. The Morgan fingerprint density at radius 3 is 2.79 bits per heavy atom. The topological polar surface area (TPSA) is 20.3 Å². The van der Waals surface area contributed by atoms with E-state index in [9.17, 15) is 4.79 Å². The smallest absolute Gasteiger partial charge is 0.254 e. The van der Waals surface area contributed by atoms with Crippen LogP contribution in [0.3, 0.4) is 0 Å². The molecular weight excluding hydrogens is 258 g/mol. The second kappa shape index (κ2) is 5.22. The van der Waals surface area contributed by atoms with Crippen molar-refractivity contribution in [3.8, 4) is 0 Å². The highest BCUT2D eigenvalue weighted by molar-refractivity contribution is 6.21. The Balaban J connectivity index is 1.97. The van der Waals surface area contributed by atoms with Gasteiger partial charge in [-0.15, -0.1) is 11.6 Å². The van der Waals surface area contributed by atoms with Crippen LogP contribution in [-0.4, -0.2) is 29.3 Å². The van der Waals surface area contributed by atoms with Crippen molar-refractivity contribution in [1.29, 1.82) is 0 Å². The molecule has 0 aliphatic carbocycles. The first-order chi connectivity index (χ1) is 9.25. The minimum atomic E-state index is 0.0904. The maximum atomic E-state index is 12.6. The Hall–Kier alpha value is -1.54. The Kier molecular flexibility index (Phi) is 3.43. The normalized spacial score (nSPS) is 19.6. The first-order valence-corrected chi connectivity index (χ1v) is 7.10. The summed E-state index contributed by atoms with van der Waals surface area (Å²) in [6.45, 7) is 1.47. The first kappa shape index (κ1) is 12.5. The van der Waals surface area contributed by atoms with Gasteiger partial charge in [-0.05, 0) is 29.7 Å². The highest BCUT2D eigenvalue weighted by atomic mass is 35.5. The van der Waals surface area contributed by atoms with Crippen LogP contribution in [0.1, 0.15) is 23.2 Å². The molecule has 98 valence electrons. The van der Waals surface area contributed by atoms with Gasteiger partial charge < -0.3 is 4.90 Å². The minimum absolute atomic E-state index is 0.0904. The van der Waals surface area contributed by atoms with Gasteiger partial charge in [0.2, 0.25) is 0 Å². The Morgan fingerprint density at radius 1 is 1.16 bits per heavy atom. The summed E-state index contributed by atoms with van der Waals surface area (Å²) in [5.41, 5.74) is 0.781. The number of carbonyl (C=O) groups is 1. The van der Waals surface area contributed by atoms with Crippen molar-refractivity contribution >= 4 is 28.3 Å². The average Bonchev–Trinajstić information content (AvgIpc) is 2.46. The molecule has 2 nitrogen and oxygen atoms in total. The third-order valence-corrected chi connectivity index (χ3v) is 4.03. The quantitative estimate of drug-likeness (QED) is 0.726. The monoisotopic (exact) mass is 273 g/mol. The molecule has 1 fully saturated rings. The van der Waals surface area contributed by atoms with Crippen LogP contribution in [0.25, 0.3) is 10.8 Å². The molecule has 0 radical (unpaired) electrons. The zero-order chi connectivity index (χ0) is 13.2. The van der Waals surface area contributed by atoms with Gasteiger partial charge in [-0.25, -0.2) is 0 Å². The van der Waals surface area contributed by atoms with Crippen molar-refractivity contribution in [2.75, 3.05) is 13.1 Å². The van der Waals surface area contributed by atoms with Crippen LogP contribution in [0.4, 0.5) is 0 Å². The van der Waals surface area contributed by atoms with Crippen molar-refractivity contribution < 1.29 is 4.79 Å². The molecule has 0 spiro atoms. The maximum Gasteiger partial charge on any atom is 0.254 e. The second-order valence-electron chi connectivity index (χ2n) is 5.02. The number of nitrogens with zero attached hydrogens (tertiary/aromatic N) is 1. The standard InChI is InChI=1S/C16H16ClNO/c17-13-7-4-10-18(11-13)16(19)15-9-3-6-12-5-1-2-8-14(12)15/h1-3,5-6,8-9,13H,4,7,10-11H2. The van der Waals surface area contributed by atoms with E-state index in [4.69, 9.17) is 11.6 Å². The van der Waals surface area contributed by atoms with Gasteiger partial charge in [0.05, 0.1) is 5.38 Å². The molecule has 2 aromatic carbocycles. The number of fused-ring (bicyclic) bond motifs is 1.